The fourth-order valence-corrected chi connectivity index (χ4v) is 11.0. The molecule has 4 aliphatic carbocycles. The first-order valence-electron chi connectivity index (χ1n) is 14.4. The van der Waals surface area contributed by atoms with E-state index in [4.69, 9.17) is 0 Å². The summed E-state index contributed by atoms with van der Waals surface area (Å²) in [4.78, 5) is 0. The normalized spacial score (nSPS) is 57.5. The van der Waals surface area contributed by atoms with Crippen molar-refractivity contribution in [3.63, 3.8) is 0 Å². The molecule has 33 heavy (non-hydrogen) atoms. The van der Waals surface area contributed by atoms with Gasteiger partial charge in [-0.05, 0) is 84.9 Å². The molecule has 0 aromatic carbocycles. The molecule has 0 amide bonds. The van der Waals surface area contributed by atoms with Gasteiger partial charge >= 0.3 is 0 Å². The molecule has 14 atom stereocenters. The Morgan fingerprint density at radius 3 is 2.24 bits per heavy atom. The van der Waals surface area contributed by atoms with E-state index in [2.05, 4.69) is 48.5 Å². The zero-order valence-corrected chi connectivity index (χ0v) is 22.8. The summed E-state index contributed by atoms with van der Waals surface area (Å²) in [5, 5.41) is 34.6. The van der Waals surface area contributed by atoms with Gasteiger partial charge in [-0.15, -0.1) is 0 Å². The topological polar surface area (TPSA) is 60.7 Å². The highest BCUT2D eigenvalue weighted by atomic mass is 16.3. The number of aliphatic hydroxyl groups is 3. The summed E-state index contributed by atoms with van der Waals surface area (Å²) < 4.78 is 0. The van der Waals surface area contributed by atoms with Gasteiger partial charge in [0.15, 0.2) is 0 Å². The minimum atomic E-state index is -0.531. The molecule has 4 rings (SSSR count). The summed E-state index contributed by atoms with van der Waals surface area (Å²) >= 11 is 0. The maximum atomic E-state index is 12.1. The molecule has 4 fully saturated rings. The molecule has 4 aliphatic rings. The van der Waals surface area contributed by atoms with Crippen LogP contribution in [0.25, 0.3) is 0 Å². The van der Waals surface area contributed by atoms with Gasteiger partial charge < -0.3 is 15.3 Å². The van der Waals surface area contributed by atoms with Crippen molar-refractivity contribution in [3.8, 4) is 0 Å². The van der Waals surface area contributed by atoms with Crippen molar-refractivity contribution in [1.29, 1.82) is 0 Å². The minimum Gasteiger partial charge on any atom is -0.393 e. The third kappa shape index (κ3) is 3.69. The average Bonchev–Trinajstić information content (AvgIpc) is 2.69. The Kier molecular flexibility index (Phi) is 6.90. The molecule has 0 aromatic heterocycles. The van der Waals surface area contributed by atoms with Gasteiger partial charge in [-0.2, -0.15) is 0 Å². The van der Waals surface area contributed by atoms with Crippen molar-refractivity contribution in [2.24, 2.45) is 63.6 Å². The molecule has 3 nitrogen and oxygen atoms in total. The highest BCUT2D eigenvalue weighted by Gasteiger charge is 2.70. The molecule has 0 bridgehead atoms. The Labute approximate surface area is 204 Å². The van der Waals surface area contributed by atoms with E-state index in [1.165, 1.54) is 38.5 Å². The second-order valence-electron chi connectivity index (χ2n) is 14.3. The lowest BCUT2D eigenvalue weighted by Gasteiger charge is -2.72. The van der Waals surface area contributed by atoms with Gasteiger partial charge in [-0.3, -0.25) is 0 Å². The van der Waals surface area contributed by atoms with Crippen LogP contribution in [-0.2, 0) is 0 Å². The largest absolute Gasteiger partial charge is 0.393 e. The third-order valence-corrected chi connectivity index (χ3v) is 12.5. The number of fused-ring (bicyclic) bond motifs is 3. The van der Waals surface area contributed by atoms with E-state index in [1.807, 2.05) is 6.92 Å². The van der Waals surface area contributed by atoms with Crippen molar-refractivity contribution in [1.82, 2.24) is 0 Å². The molecule has 0 heterocycles. The summed E-state index contributed by atoms with van der Waals surface area (Å²) in [6.45, 7) is 18.3. The molecule has 4 saturated carbocycles. The smallest absolute Gasteiger partial charge is 0.0656 e. The van der Waals surface area contributed by atoms with Crippen molar-refractivity contribution >= 4 is 0 Å². The molecule has 0 aliphatic heterocycles. The van der Waals surface area contributed by atoms with E-state index < -0.39 is 12.2 Å². The summed E-state index contributed by atoms with van der Waals surface area (Å²) in [5.41, 5.74) is -0.154. The molecule has 3 heteroatoms. The second-order valence-corrected chi connectivity index (χ2v) is 14.3. The number of unbranched alkanes of at least 4 members (excludes halogenated alkanes) is 1. The lowest BCUT2D eigenvalue weighted by molar-refractivity contribution is -0.279. The maximum absolute atomic E-state index is 12.1. The highest BCUT2D eigenvalue weighted by Crippen LogP contribution is 2.72. The van der Waals surface area contributed by atoms with Crippen molar-refractivity contribution < 1.29 is 15.3 Å². The Bertz CT molecular complexity index is 705. The fraction of sp³-hybridized carbons (Fsp3) is 1.00. The van der Waals surface area contributed by atoms with Crippen LogP contribution in [0.2, 0.25) is 0 Å². The zero-order valence-electron chi connectivity index (χ0n) is 22.8. The van der Waals surface area contributed by atoms with Crippen LogP contribution in [0.3, 0.4) is 0 Å². The lowest BCUT2D eigenvalue weighted by atomic mass is 9.34. The van der Waals surface area contributed by atoms with E-state index in [9.17, 15) is 15.3 Å². The standard InChI is InChI=1S/C30H54O3/c1-9-10-11-21-13-12-17(2)24-22(21)15-28(6)16-29(7)14-18(3)23(20(5)31)27(33)30(29,8)19(4)25(28)26(24)32/h17-27,31-33H,9-16H2,1-8H3. The van der Waals surface area contributed by atoms with E-state index in [1.54, 1.807) is 0 Å². The van der Waals surface area contributed by atoms with Crippen molar-refractivity contribution in [2.45, 2.75) is 125 Å². The number of hydrogen-bond donors (Lipinski definition) is 3. The first-order valence-corrected chi connectivity index (χ1v) is 14.4. The number of aliphatic hydroxyl groups excluding tert-OH is 3. The van der Waals surface area contributed by atoms with Gasteiger partial charge in [-0.25, -0.2) is 0 Å². The van der Waals surface area contributed by atoms with E-state index in [-0.39, 0.29) is 40.1 Å². The average molecular weight is 463 g/mol. The molecular formula is C30H54O3. The van der Waals surface area contributed by atoms with Gasteiger partial charge in [0.05, 0.1) is 18.3 Å². The summed E-state index contributed by atoms with van der Waals surface area (Å²) in [7, 11) is 0. The first kappa shape index (κ1) is 26.0. The van der Waals surface area contributed by atoms with Crippen LogP contribution in [0.15, 0.2) is 0 Å². The summed E-state index contributed by atoms with van der Waals surface area (Å²) in [5.74, 6) is 3.07. The highest BCUT2D eigenvalue weighted by molar-refractivity contribution is 5.18. The Hall–Kier alpha value is -0.120. The van der Waals surface area contributed by atoms with Crippen LogP contribution in [0, 0.1) is 63.6 Å². The second kappa shape index (κ2) is 8.77. The fourth-order valence-electron chi connectivity index (χ4n) is 11.0. The first-order chi connectivity index (χ1) is 15.3. The van der Waals surface area contributed by atoms with E-state index in [0.29, 0.717) is 23.7 Å². The molecule has 14 unspecified atom stereocenters. The third-order valence-electron chi connectivity index (χ3n) is 12.5. The lowest BCUT2D eigenvalue weighted by Crippen LogP contribution is -2.70. The van der Waals surface area contributed by atoms with Gasteiger partial charge in [0.1, 0.15) is 0 Å². The van der Waals surface area contributed by atoms with E-state index in [0.717, 1.165) is 18.8 Å². The van der Waals surface area contributed by atoms with Crippen LogP contribution in [-0.4, -0.2) is 33.6 Å². The van der Waals surface area contributed by atoms with Crippen LogP contribution in [0.5, 0.6) is 0 Å². The van der Waals surface area contributed by atoms with Crippen LogP contribution < -0.4 is 0 Å². The molecule has 0 saturated heterocycles. The Morgan fingerprint density at radius 1 is 0.970 bits per heavy atom. The molecular weight excluding hydrogens is 408 g/mol. The van der Waals surface area contributed by atoms with Gasteiger partial charge in [0, 0.05) is 11.3 Å². The quantitative estimate of drug-likeness (QED) is 0.460. The monoisotopic (exact) mass is 462 g/mol. The van der Waals surface area contributed by atoms with Crippen molar-refractivity contribution in [2.75, 3.05) is 0 Å². The van der Waals surface area contributed by atoms with Crippen LogP contribution >= 0.6 is 0 Å². The summed E-state index contributed by atoms with van der Waals surface area (Å²) in [6, 6.07) is 0. The SMILES string of the molecule is CCCCC1CCC(C)C2C(O)C3C(C)C4(C)C(O)C(C(C)O)C(C)CC4(C)CC3(C)CC12. The predicted octanol–water partition coefficient (Wildman–Crippen LogP) is 6.29. The predicted molar refractivity (Wildman–Crippen MR) is 136 cm³/mol. The van der Waals surface area contributed by atoms with Crippen LogP contribution in [0.1, 0.15) is 107 Å². The van der Waals surface area contributed by atoms with Gasteiger partial charge in [0.2, 0.25) is 0 Å². The molecule has 3 N–H and O–H groups in total. The Balaban J connectivity index is 1.74. The Morgan fingerprint density at radius 2 is 1.64 bits per heavy atom. The number of hydrogen-bond acceptors (Lipinski definition) is 3. The molecule has 0 radical (unpaired) electrons. The van der Waals surface area contributed by atoms with E-state index >= 15 is 0 Å². The number of rotatable bonds is 4. The van der Waals surface area contributed by atoms with Gasteiger partial charge in [0.25, 0.3) is 0 Å². The van der Waals surface area contributed by atoms with Crippen LogP contribution in [0.4, 0.5) is 0 Å². The molecule has 0 spiro atoms. The molecule has 192 valence electrons. The molecule has 0 aromatic rings. The maximum Gasteiger partial charge on any atom is 0.0656 e. The summed E-state index contributed by atoms with van der Waals surface area (Å²) in [6.07, 6.45) is 8.59. The van der Waals surface area contributed by atoms with Crippen molar-refractivity contribution in [3.05, 3.63) is 0 Å². The zero-order chi connectivity index (χ0) is 24.5. The minimum absolute atomic E-state index is 0.0215. The van der Waals surface area contributed by atoms with Gasteiger partial charge in [-0.1, -0.05) is 74.1 Å².